The van der Waals surface area contributed by atoms with Crippen LogP contribution >= 0.6 is 23.2 Å². The van der Waals surface area contributed by atoms with E-state index in [0.717, 1.165) is 12.0 Å². The first-order valence-electron chi connectivity index (χ1n) is 7.23. The quantitative estimate of drug-likeness (QED) is 0.753. The van der Waals surface area contributed by atoms with E-state index in [1.165, 1.54) is 11.1 Å². The molecule has 21 heavy (non-hydrogen) atoms. The number of hydrogen-bond acceptors (Lipinski definition) is 1. The summed E-state index contributed by atoms with van der Waals surface area (Å²) in [5.74, 6) is 0.557. The molecule has 0 fully saturated rings. The molecule has 0 aromatic heterocycles. The molecule has 0 aliphatic carbocycles. The minimum absolute atomic E-state index is 0.154. The van der Waals surface area contributed by atoms with Crippen molar-refractivity contribution in [2.45, 2.75) is 32.2 Å². The van der Waals surface area contributed by atoms with Crippen LogP contribution in [-0.4, -0.2) is 7.05 Å². The van der Waals surface area contributed by atoms with Gasteiger partial charge in [-0.25, -0.2) is 0 Å². The summed E-state index contributed by atoms with van der Waals surface area (Å²) in [5, 5.41) is 4.57. The van der Waals surface area contributed by atoms with Gasteiger partial charge in [0.05, 0.1) is 10.0 Å². The summed E-state index contributed by atoms with van der Waals surface area (Å²) in [6.45, 7) is 4.41. The fourth-order valence-electron chi connectivity index (χ4n) is 2.43. The third-order valence-electron chi connectivity index (χ3n) is 3.79. The summed E-state index contributed by atoms with van der Waals surface area (Å²) in [5.41, 5.74) is 3.69. The molecule has 0 radical (unpaired) electrons. The monoisotopic (exact) mass is 321 g/mol. The first-order chi connectivity index (χ1) is 10.0. The average molecular weight is 322 g/mol. The minimum Gasteiger partial charge on any atom is -0.313 e. The fourth-order valence-corrected chi connectivity index (χ4v) is 2.87. The first kappa shape index (κ1) is 16.4. The zero-order valence-electron chi connectivity index (χ0n) is 12.7. The summed E-state index contributed by atoms with van der Waals surface area (Å²) in [6, 6.07) is 14.7. The highest BCUT2D eigenvalue weighted by molar-refractivity contribution is 6.42. The van der Waals surface area contributed by atoms with Crippen molar-refractivity contribution in [2.75, 3.05) is 7.05 Å². The molecular weight excluding hydrogens is 301 g/mol. The summed E-state index contributed by atoms with van der Waals surface area (Å²) >= 11 is 12.4. The van der Waals surface area contributed by atoms with Gasteiger partial charge in [0.25, 0.3) is 0 Å². The van der Waals surface area contributed by atoms with Crippen molar-refractivity contribution in [3.8, 4) is 0 Å². The maximum atomic E-state index is 6.33. The minimum atomic E-state index is 0.154. The van der Waals surface area contributed by atoms with E-state index in [2.05, 4.69) is 43.4 Å². The second kappa shape index (κ2) is 7.31. The van der Waals surface area contributed by atoms with Crippen molar-refractivity contribution in [3.63, 3.8) is 0 Å². The summed E-state index contributed by atoms with van der Waals surface area (Å²) in [4.78, 5) is 0. The van der Waals surface area contributed by atoms with Gasteiger partial charge in [0, 0.05) is 6.04 Å². The van der Waals surface area contributed by atoms with Gasteiger partial charge in [-0.15, -0.1) is 0 Å². The van der Waals surface area contributed by atoms with Crippen LogP contribution < -0.4 is 5.32 Å². The molecule has 2 rings (SSSR count). The maximum Gasteiger partial charge on any atom is 0.0640 e. The highest BCUT2D eigenvalue weighted by atomic mass is 35.5. The molecule has 0 heterocycles. The number of halogens is 2. The molecule has 0 aliphatic rings. The number of benzene rings is 2. The third-order valence-corrected chi connectivity index (χ3v) is 4.63. The predicted molar refractivity (Wildman–Crippen MR) is 92.5 cm³/mol. The second-order valence-electron chi connectivity index (χ2n) is 5.58. The van der Waals surface area contributed by atoms with Crippen molar-refractivity contribution < 1.29 is 0 Å². The number of hydrogen-bond donors (Lipinski definition) is 1. The smallest absolute Gasteiger partial charge is 0.0640 e. The lowest BCUT2D eigenvalue weighted by molar-refractivity contribution is 0.592. The molecule has 1 N–H and O–H groups in total. The van der Waals surface area contributed by atoms with Gasteiger partial charge in [-0.3, -0.25) is 0 Å². The van der Waals surface area contributed by atoms with Crippen molar-refractivity contribution >= 4 is 23.2 Å². The predicted octanol–water partition coefficient (Wildman–Crippen LogP) is 5.62. The van der Waals surface area contributed by atoms with Crippen LogP contribution in [0.5, 0.6) is 0 Å². The van der Waals surface area contributed by atoms with Crippen LogP contribution in [0, 0.1) is 0 Å². The molecule has 1 atom stereocenters. The molecule has 1 unspecified atom stereocenters. The standard InChI is InChI=1S/C18H21Cl2N/c1-12(2)14-9-7-13(8-10-14)11-17(21-3)15-5-4-6-16(19)18(15)20/h4-10,12,17,21H,11H2,1-3H3. The molecule has 3 heteroatoms. The SMILES string of the molecule is CNC(Cc1ccc(C(C)C)cc1)c1cccc(Cl)c1Cl. The normalized spacial score (nSPS) is 12.7. The van der Waals surface area contributed by atoms with Gasteiger partial charge < -0.3 is 5.32 Å². The van der Waals surface area contributed by atoms with Crippen molar-refractivity contribution in [1.82, 2.24) is 5.32 Å². The van der Waals surface area contributed by atoms with Gasteiger partial charge in [-0.1, -0.05) is 73.4 Å². The van der Waals surface area contributed by atoms with Crippen LogP contribution in [0.3, 0.4) is 0 Å². The molecule has 2 aromatic carbocycles. The highest BCUT2D eigenvalue weighted by Gasteiger charge is 2.15. The lowest BCUT2D eigenvalue weighted by atomic mass is 9.96. The van der Waals surface area contributed by atoms with Crippen LogP contribution in [0.2, 0.25) is 10.0 Å². The Hall–Kier alpha value is -1.02. The van der Waals surface area contributed by atoms with Crippen molar-refractivity contribution in [2.24, 2.45) is 0 Å². The van der Waals surface area contributed by atoms with E-state index < -0.39 is 0 Å². The number of likely N-dealkylation sites (N-methyl/N-ethyl adjacent to an activating group) is 1. The Labute approximate surface area is 137 Å². The summed E-state index contributed by atoms with van der Waals surface area (Å²) in [7, 11) is 1.95. The lowest BCUT2D eigenvalue weighted by Crippen LogP contribution is -2.19. The molecule has 2 aromatic rings. The van der Waals surface area contributed by atoms with Crippen molar-refractivity contribution in [3.05, 3.63) is 69.2 Å². The zero-order chi connectivity index (χ0) is 15.4. The second-order valence-corrected chi connectivity index (χ2v) is 6.37. The number of nitrogens with one attached hydrogen (secondary N) is 1. The Kier molecular flexibility index (Phi) is 5.69. The molecule has 0 bridgehead atoms. The van der Waals surface area contributed by atoms with E-state index >= 15 is 0 Å². The molecule has 0 amide bonds. The van der Waals surface area contributed by atoms with E-state index in [1.54, 1.807) is 0 Å². The maximum absolute atomic E-state index is 6.33. The van der Waals surface area contributed by atoms with Gasteiger partial charge in [-0.05, 0) is 42.1 Å². The zero-order valence-corrected chi connectivity index (χ0v) is 14.2. The summed E-state index contributed by atoms with van der Waals surface area (Å²) < 4.78 is 0. The molecule has 0 saturated carbocycles. The van der Waals surface area contributed by atoms with Gasteiger partial charge in [0.2, 0.25) is 0 Å². The van der Waals surface area contributed by atoms with Crippen LogP contribution in [-0.2, 0) is 6.42 Å². The highest BCUT2D eigenvalue weighted by Crippen LogP contribution is 2.31. The Balaban J connectivity index is 2.21. The Bertz CT molecular complexity index is 591. The van der Waals surface area contributed by atoms with E-state index in [0.29, 0.717) is 16.0 Å². The van der Waals surface area contributed by atoms with Crippen LogP contribution in [0.25, 0.3) is 0 Å². The Morgan fingerprint density at radius 2 is 1.67 bits per heavy atom. The van der Waals surface area contributed by atoms with Crippen LogP contribution in [0.15, 0.2) is 42.5 Å². The summed E-state index contributed by atoms with van der Waals surface area (Å²) in [6.07, 6.45) is 0.884. The molecule has 1 nitrogen and oxygen atoms in total. The van der Waals surface area contributed by atoms with E-state index in [4.69, 9.17) is 23.2 Å². The first-order valence-corrected chi connectivity index (χ1v) is 7.98. The topological polar surface area (TPSA) is 12.0 Å². The fraction of sp³-hybridized carbons (Fsp3) is 0.333. The molecule has 0 saturated heterocycles. The Morgan fingerprint density at radius 1 is 1.00 bits per heavy atom. The lowest BCUT2D eigenvalue weighted by Gasteiger charge is -2.19. The largest absolute Gasteiger partial charge is 0.313 e. The Morgan fingerprint density at radius 3 is 2.24 bits per heavy atom. The van der Waals surface area contributed by atoms with Gasteiger partial charge >= 0.3 is 0 Å². The van der Waals surface area contributed by atoms with Gasteiger partial charge in [-0.2, -0.15) is 0 Å². The third kappa shape index (κ3) is 4.00. The van der Waals surface area contributed by atoms with E-state index in [9.17, 15) is 0 Å². The van der Waals surface area contributed by atoms with Crippen LogP contribution in [0.1, 0.15) is 42.5 Å². The molecule has 0 aliphatic heterocycles. The molecule has 112 valence electrons. The van der Waals surface area contributed by atoms with Gasteiger partial charge in [0.1, 0.15) is 0 Å². The van der Waals surface area contributed by atoms with Crippen molar-refractivity contribution in [1.29, 1.82) is 0 Å². The van der Waals surface area contributed by atoms with Crippen LogP contribution in [0.4, 0.5) is 0 Å². The van der Waals surface area contributed by atoms with E-state index in [-0.39, 0.29) is 6.04 Å². The number of rotatable bonds is 5. The van der Waals surface area contributed by atoms with E-state index in [1.807, 2.05) is 25.2 Å². The average Bonchev–Trinajstić information content (AvgIpc) is 2.48. The molecule has 0 spiro atoms. The molecular formula is C18H21Cl2N. The van der Waals surface area contributed by atoms with Gasteiger partial charge in [0.15, 0.2) is 0 Å².